The van der Waals surface area contributed by atoms with E-state index in [2.05, 4.69) is 16.2 Å². The summed E-state index contributed by atoms with van der Waals surface area (Å²) in [5.41, 5.74) is 4.23. The van der Waals surface area contributed by atoms with E-state index in [-0.39, 0.29) is 12.3 Å². The van der Waals surface area contributed by atoms with Crippen molar-refractivity contribution in [2.45, 2.75) is 12.3 Å². The number of furan rings is 1. The first-order valence-electron chi connectivity index (χ1n) is 6.76. The quantitative estimate of drug-likeness (QED) is 0.517. The zero-order valence-electron chi connectivity index (χ0n) is 12.3. The van der Waals surface area contributed by atoms with Gasteiger partial charge in [0.15, 0.2) is 0 Å². The van der Waals surface area contributed by atoms with E-state index in [1.807, 2.05) is 6.07 Å². The number of nitrogens with one attached hydrogen (secondary N) is 3. The van der Waals surface area contributed by atoms with E-state index < -0.39 is 17.7 Å². The number of hydrogen-bond acceptors (Lipinski definition) is 6. The molecule has 0 spiro atoms. The van der Waals surface area contributed by atoms with E-state index in [0.717, 1.165) is 4.88 Å². The minimum atomic E-state index is -0.954. The predicted molar refractivity (Wildman–Crippen MR) is 92.3 cm³/mol. The van der Waals surface area contributed by atoms with Crippen LogP contribution in [0.3, 0.4) is 0 Å². The van der Waals surface area contributed by atoms with E-state index in [9.17, 15) is 14.4 Å². The molecule has 10 heteroatoms. The van der Waals surface area contributed by atoms with Crippen molar-refractivity contribution in [3.8, 4) is 0 Å². The molecule has 0 saturated carbocycles. The van der Waals surface area contributed by atoms with Crippen LogP contribution in [-0.2, 0) is 26.7 Å². The molecule has 128 valence electrons. The Morgan fingerprint density at radius 3 is 2.67 bits per heavy atom. The summed E-state index contributed by atoms with van der Waals surface area (Å²) in [5, 5.41) is 2.36. The second kappa shape index (κ2) is 9.36. The number of thiophene rings is 1. The van der Waals surface area contributed by atoms with Crippen molar-refractivity contribution in [1.82, 2.24) is 16.2 Å². The SMILES string of the molecule is O=C(CSCc1ccc(Cl)s1)NNC(=O)C(=O)NCc1ccco1. The van der Waals surface area contributed by atoms with Crippen LogP contribution in [0.4, 0.5) is 0 Å². The third kappa shape index (κ3) is 6.26. The number of hydrogen-bond donors (Lipinski definition) is 3. The van der Waals surface area contributed by atoms with Crippen LogP contribution in [0.5, 0.6) is 0 Å². The summed E-state index contributed by atoms with van der Waals surface area (Å²) in [6, 6.07) is 7.02. The first-order valence-corrected chi connectivity index (χ1v) is 9.11. The molecule has 3 amide bonds. The lowest BCUT2D eigenvalue weighted by atomic mass is 10.4. The van der Waals surface area contributed by atoms with Crippen LogP contribution < -0.4 is 16.2 Å². The lowest BCUT2D eigenvalue weighted by molar-refractivity contribution is -0.140. The number of thioether (sulfide) groups is 1. The van der Waals surface area contributed by atoms with E-state index >= 15 is 0 Å². The van der Waals surface area contributed by atoms with E-state index in [4.69, 9.17) is 16.0 Å². The highest BCUT2D eigenvalue weighted by atomic mass is 35.5. The van der Waals surface area contributed by atoms with Gasteiger partial charge in [0.05, 0.1) is 22.9 Å². The number of carbonyl (C=O) groups is 3. The fourth-order valence-electron chi connectivity index (χ4n) is 1.55. The topological polar surface area (TPSA) is 100 Å². The second-order valence-electron chi connectivity index (χ2n) is 4.46. The number of rotatable bonds is 6. The minimum Gasteiger partial charge on any atom is -0.467 e. The Labute approximate surface area is 151 Å². The molecule has 24 heavy (non-hydrogen) atoms. The van der Waals surface area contributed by atoms with Crippen LogP contribution in [-0.4, -0.2) is 23.5 Å². The molecule has 0 unspecified atom stereocenters. The highest BCUT2D eigenvalue weighted by molar-refractivity contribution is 7.99. The van der Waals surface area contributed by atoms with Gasteiger partial charge in [-0.3, -0.25) is 25.2 Å². The van der Waals surface area contributed by atoms with Crippen LogP contribution in [0, 0.1) is 0 Å². The number of hydrazine groups is 1. The molecule has 0 atom stereocenters. The molecular formula is C14H14ClN3O4S2. The average Bonchev–Trinajstić information content (AvgIpc) is 3.22. The summed E-state index contributed by atoms with van der Waals surface area (Å²) in [7, 11) is 0. The predicted octanol–water partition coefficient (Wildman–Crippen LogP) is 1.69. The standard InChI is InChI=1S/C14H14ClN3O4S2/c15-11-4-3-10(24-11)7-23-8-12(19)17-18-14(21)13(20)16-6-9-2-1-5-22-9/h1-5H,6-8H2,(H,16,20)(H,17,19)(H,18,21). The van der Waals surface area contributed by atoms with Crippen molar-refractivity contribution in [3.05, 3.63) is 45.5 Å². The zero-order valence-corrected chi connectivity index (χ0v) is 14.7. The molecule has 7 nitrogen and oxygen atoms in total. The molecule has 2 aromatic rings. The zero-order chi connectivity index (χ0) is 17.4. The van der Waals surface area contributed by atoms with Crippen LogP contribution >= 0.6 is 34.7 Å². The molecule has 2 heterocycles. The summed E-state index contributed by atoms with van der Waals surface area (Å²) >= 11 is 8.63. The van der Waals surface area contributed by atoms with E-state index in [1.165, 1.54) is 29.4 Å². The van der Waals surface area contributed by atoms with Gasteiger partial charge in [-0.05, 0) is 24.3 Å². The lowest BCUT2D eigenvalue weighted by Crippen LogP contribution is -2.48. The number of carbonyl (C=O) groups excluding carboxylic acids is 3. The summed E-state index contributed by atoms with van der Waals surface area (Å²) < 4.78 is 5.71. The summed E-state index contributed by atoms with van der Waals surface area (Å²) in [6.07, 6.45) is 1.46. The van der Waals surface area contributed by atoms with Gasteiger partial charge in [-0.1, -0.05) is 11.6 Å². The van der Waals surface area contributed by atoms with Gasteiger partial charge in [0.1, 0.15) is 5.76 Å². The fourth-order valence-corrected chi connectivity index (χ4v) is 3.58. The normalized spacial score (nSPS) is 10.2. The largest absolute Gasteiger partial charge is 0.467 e. The molecule has 0 saturated heterocycles. The van der Waals surface area contributed by atoms with Crippen LogP contribution in [0.1, 0.15) is 10.6 Å². The molecule has 2 aromatic heterocycles. The van der Waals surface area contributed by atoms with Gasteiger partial charge < -0.3 is 9.73 Å². The van der Waals surface area contributed by atoms with Gasteiger partial charge in [-0.25, -0.2) is 0 Å². The fraction of sp³-hybridized carbons (Fsp3) is 0.214. The van der Waals surface area contributed by atoms with Gasteiger partial charge in [0.25, 0.3) is 0 Å². The number of amides is 3. The molecular weight excluding hydrogens is 374 g/mol. The molecule has 0 fully saturated rings. The van der Waals surface area contributed by atoms with Crippen molar-refractivity contribution in [2.75, 3.05) is 5.75 Å². The molecule has 0 aromatic carbocycles. The Hall–Kier alpha value is -1.97. The Bertz CT molecular complexity index is 703. The maximum Gasteiger partial charge on any atom is 0.327 e. The van der Waals surface area contributed by atoms with Crippen molar-refractivity contribution in [1.29, 1.82) is 0 Å². The Morgan fingerprint density at radius 1 is 1.17 bits per heavy atom. The third-order valence-electron chi connectivity index (χ3n) is 2.63. The second-order valence-corrected chi connectivity index (χ2v) is 7.25. The maximum atomic E-state index is 11.6. The highest BCUT2D eigenvalue weighted by Gasteiger charge is 2.14. The smallest absolute Gasteiger partial charge is 0.327 e. The monoisotopic (exact) mass is 387 g/mol. The van der Waals surface area contributed by atoms with Gasteiger partial charge in [0, 0.05) is 10.6 Å². The van der Waals surface area contributed by atoms with Gasteiger partial charge >= 0.3 is 11.8 Å². The minimum absolute atomic E-state index is 0.0897. The molecule has 0 radical (unpaired) electrons. The Balaban J connectivity index is 1.59. The third-order valence-corrected chi connectivity index (χ3v) is 5.03. The van der Waals surface area contributed by atoms with E-state index in [1.54, 1.807) is 18.2 Å². The molecule has 3 N–H and O–H groups in total. The molecule has 0 aliphatic heterocycles. The highest BCUT2D eigenvalue weighted by Crippen LogP contribution is 2.24. The van der Waals surface area contributed by atoms with Gasteiger partial charge in [-0.15, -0.1) is 23.1 Å². The molecule has 0 aliphatic rings. The van der Waals surface area contributed by atoms with E-state index in [0.29, 0.717) is 15.8 Å². The Kier molecular flexibility index (Phi) is 7.16. The van der Waals surface area contributed by atoms with Crippen molar-refractivity contribution in [3.63, 3.8) is 0 Å². The van der Waals surface area contributed by atoms with Crippen molar-refractivity contribution < 1.29 is 18.8 Å². The van der Waals surface area contributed by atoms with Crippen molar-refractivity contribution in [2.24, 2.45) is 0 Å². The Morgan fingerprint density at radius 2 is 2.00 bits per heavy atom. The summed E-state index contributed by atoms with van der Waals surface area (Å²) in [5.74, 6) is -0.927. The first-order chi connectivity index (χ1) is 11.5. The lowest BCUT2D eigenvalue weighted by Gasteiger charge is -2.07. The first kappa shape index (κ1) is 18.4. The maximum absolute atomic E-state index is 11.6. The molecule has 0 bridgehead atoms. The number of halogens is 1. The summed E-state index contributed by atoms with van der Waals surface area (Å²) in [4.78, 5) is 35.7. The van der Waals surface area contributed by atoms with Crippen LogP contribution in [0.2, 0.25) is 4.34 Å². The van der Waals surface area contributed by atoms with Gasteiger partial charge in [0.2, 0.25) is 5.91 Å². The van der Waals surface area contributed by atoms with Crippen molar-refractivity contribution >= 4 is 52.4 Å². The molecule has 2 rings (SSSR count). The average molecular weight is 388 g/mol. The summed E-state index contributed by atoms with van der Waals surface area (Å²) in [6.45, 7) is 0.0897. The van der Waals surface area contributed by atoms with Crippen LogP contribution in [0.25, 0.3) is 0 Å². The van der Waals surface area contributed by atoms with Gasteiger partial charge in [-0.2, -0.15) is 0 Å². The van der Waals surface area contributed by atoms with Crippen LogP contribution in [0.15, 0.2) is 34.9 Å². The molecule has 0 aliphatic carbocycles.